The third kappa shape index (κ3) is 2.99. The molecule has 0 spiro atoms. The summed E-state index contributed by atoms with van der Waals surface area (Å²) in [7, 11) is 0.952. The Morgan fingerprint density at radius 1 is 1.08 bits per heavy atom. The molecule has 0 heterocycles. The Bertz CT molecular complexity index is 128. The van der Waals surface area contributed by atoms with Crippen LogP contribution in [0.2, 0.25) is 0 Å². The van der Waals surface area contributed by atoms with Crippen LogP contribution in [0, 0.1) is 0 Å². The Kier molecular flexibility index (Phi) is 4.00. The number of ether oxygens (including phenoxy) is 1. The predicted molar refractivity (Wildman–Crippen MR) is 34.4 cm³/mol. The first-order valence-corrected chi connectivity index (χ1v) is 3.04. The number of methoxy groups -OCH3 is 1. The zero-order chi connectivity index (χ0) is 9.94. The zero-order valence-corrected chi connectivity index (χ0v) is 6.32. The molecule has 0 aromatic rings. The Hall–Kier alpha value is -0.280. The molecule has 0 amide bonds. The molecule has 0 aliphatic heterocycles. The quantitative estimate of drug-likeness (QED) is 0.248. The zero-order valence-electron chi connectivity index (χ0n) is 6.32. The fourth-order valence-electron chi connectivity index (χ4n) is 0.683. The van der Waals surface area contributed by atoms with E-state index in [2.05, 4.69) is 4.74 Å². The smallest absolute Gasteiger partial charge is 0.306 e. The van der Waals surface area contributed by atoms with Crippen molar-refractivity contribution in [2.24, 2.45) is 0 Å². The number of hydrogen-bond acceptors (Lipinski definition) is 7. The number of hydrogen-bond donors (Lipinski definition) is 6. The van der Waals surface area contributed by atoms with Gasteiger partial charge in [-0.3, -0.25) is 0 Å². The highest BCUT2D eigenvalue weighted by Crippen LogP contribution is 2.12. The minimum Gasteiger partial charge on any atom is -0.385 e. The van der Waals surface area contributed by atoms with Crippen molar-refractivity contribution in [3.05, 3.63) is 0 Å². The van der Waals surface area contributed by atoms with Crippen LogP contribution in [-0.2, 0) is 4.74 Å². The first-order chi connectivity index (χ1) is 5.30. The summed E-state index contributed by atoms with van der Waals surface area (Å²) in [5.41, 5.74) is 0. The van der Waals surface area contributed by atoms with E-state index in [1.807, 2.05) is 0 Å². The van der Waals surface area contributed by atoms with E-state index in [1.165, 1.54) is 0 Å². The lowest BCUT2D eigenvalue weighted by Crippen LogP contribution is -2.54. The van der Waals surface area contributed by atoms with Gasteiger partial charge in [-0.1, -0.05) is 0 Å². The van der Waals surface area contributed by atoms with Crippen LogP contribution in [0.3, 0.4) is 0 Å². The summed E-state index contributed by atoms with van der Waals surface area (Å²) in [6.45, 7) is 0. The van der Waals surface area contributed by atoms with E-state index in [0.29, 0.717) is 0 Å². The Labute approximate surface area is 68.1 Å². The van der Waals surface area contributed by atoms with Crippen LogP contribution in [0.1, 0.15) is 0 Å². The van der Waals surface area contributed by atoms with Gasteiger partial charge in [-0.05, 0) is 0 Å². The maximum atomic E-state index is 8.82. The second-order valence-electron chi connectivity index (χ2n) is 2.25. The molecule has 0 saturated heterocycles. The summed E-state index contributed by atoms with van der Waals surface area (Å²) in [6, 6.07) is 0. The third-order valence-corrected chi connectivity index (χ3v) is 1.25. The largest absolute Gasteiger partial charge is 0.385 e. The van der Waals surface area contributed by atoms with Gasteiger partial charge in [0.2, 0.25) is 0 Å². The molecule has 7 nitrogen and oxygen atoms in total. The van der Waals surface area contributed by atoms with Crippen molar-refractivity contribution in [1.82, 2.24) is 0 Å². The minimum absolute atomic E-state index is 0.952. The van der Waals surface area contributed by atoms with Crippen LogP contribution in [0.25, 0.3) is 0 Å². The summed E-state index contributed by atoms with van der Waals surface area (Å²) >= 11 is 0. The maximum absolute atomic E-state index is 8.82. The number of aliphatic hydroxyl groups excluding tert-OH is 2. The monoisotopic (exact) mass is 184 g/mol. The summed E-state index contributed by atoms with van der Waals surface area (Å²) in [6.07, 6.45) is -6.17. The minimum atomic E-state index is -3.32. The van der Waals surface area contributed by atoms with Gasteiger partial charge in [0.05, 0.1) is 0 Å². The molecule has 0 aliphatic rings. The topological polar surface area (TPSA) is 131 Å². The molecule has 0 aliphatic carbocycles. The fourth-order valence-corrected chi connectivity index (χ4v) is 0.683. The Balaban J connectivity index is 4.35. The fraction of sp³-hybridized carbons (Fsp3) is 1.00. The molecule has 0 fully saturated rings. The average Bonchev–Trinajstić information content (AvgIpc) is 1.85. The van der Waals surface area contributed by atoms with Crippen molar-refractivity contribution in [1.29, 1.82) is 0 Å². The van der Waals surface area contributed by atoms with Gasteiger partial charge in [0.15, 0.2) is 12.4 Å². The van der Waals surface area contributed by atoms with Crippen molar-refractivity contribution >= 4 is 0 Å². The van der Waals surface area contributed by atoms with Gasteiger partial charge < -0.3 is 35.4 Å². The molecule has 7 heteroatoms. The maximum Gasteiger partial charge on any atom is 0.306 e. The molecular formula is C5H12O7. The molecule has 0 bridgehead atoms. The summed E-state index contributed by atoms with van der Waals surface area (Å²) < 4.78 is 4.22. The first-order valence-electron chi connectivity index (χ1n) is 3.04. The molecule has 2 atom stereocenters. The summed E-state index contributed by atoms with van der Waals surface area (Å²) in [4.78, 5) is 0. The van der Waals surface area contributed by atoms with Gasteiger partial charge >= 0.3 is 5.97 Å². The molecule has 0 aromatic heterocycles. The lowest BCUT2D eigenvalue weighted by atomic mass is 10.1. The summed E-state index contributed by atoms with van der Waals surface area (Å²) in [5, 5.41) is 51.1. The highest BCUT2D eigenvalue weighted by Gasteiger charge is 2.41. The lowest BCUT2D eigenvalue weighted by Gasteiger charge is -2.29. The molecular weight excluding hydrogens is 172 g/mol. The second kappa shape index (κ2) is 4.10. The van der Waals surface area contributed by atoms with Crippen molar-refractivity contribution in [2.75, 3.05) is 7.11 Å². The van der Waals surface area contributed by atoms with E-state index in [-0.39, 0.29) is 0 Å². The molecule has 0 radical (unpaired) electrons. The van der Waals surface area contributed by atoms with Crippen molar-refractivity contribution in [3.8, 4) is 0 Å². The molecule has 0 rings (SSSR count). The standard InChI is InChI=1S/C5H12O7/c1-12-3(5(9,10)11)2(6)4(7)8/h2-4,6-11H,1H3. The number of aliphatic hydroxyl groups is 6. The SMILES string of the molecule is COC(C(O)C(O)O)C(O)(O)O. The van der Waals surface area contributed by atoms with E-state index in [1.54, 1.807) is 0 Å². The normalized spacial score (nSPS) is 18.0. The van der Waals surface area contributed by atoms with Gasteiger partial charge in [0.1, 0.15) is 6.10 Å². The van der Waals surface area contributed by atoms with Crippen LogP contribution in [0.15, 0.2) is 0 Å². The van der Waals surface area contributed by atoms with Crippen LogP contribution in [0.5, 0.6) is 0 Å². The van der Waals surface area contributed by atoms with Crippen LogP contribution < -0.4 is 0 Å². The van der Waals surface area contributed by atoms with Gasteiger partial charge in [0, 0.05) is 7.11 Å². The predicted octanol–water partition coefficient (Wildman–Crippen LogP) is -3.70. The van der Waals surface area contributed by atoms with Gasteiger partial charge in [-0.25, -0.2) is 0 Å². The molecule has 0 saturated carbocycles. The van der Waals surface area contributed by atoms with E-state index < -0.39 is 24.5 Å². The summed E-state index contributed by atoms with van der Waals surface area (Å²) in [5.74, 6) is -3.32. The van der Waals surface area contributed by atoms with Gasteiger partial charge in [-0.2, -0.15) is 0 Å². The first kappa shape index (κ1) is 11.7. The average molecular weight is 184 g/mol. The van der Waals surface area contributed by atoms with E-state index in [4.69, 9.17) is 30.6 Å². The van der Waals surface area contributed by atoms with Crippen molar-refractivity contribution in [2.45, 2.75) is 24.5 Å². The molecule has 6 N–H and O–H groups in total. The Morgan fingerprint density at radius 2 is 1.50 bits per heavy atom. The van der Waals surface area contributed by atoms with E-state index in [9.17, 15) is 0 Å². The molecule has 2 unspecified atom stereocenters. The van der Waals surface area contributed by atoms with E-state index in [0.717, 1.165) is 7.11 Å². The second-order valence-corrected chi connectivity index (χ2v) is 2.25. The van der Waals surface area contributed by atoms with Gasteiger partial charge in [0.25, 0.3) is 0 Å². The van der Waals surface area contributed by atoms with Crippen molar-refractivity contribution < 1.29 is 35.4 Å². The highest BCUT2D eigenvalue weighted by atomic mass is 16.7. The van der Waals surface area contributed by atoms with Crippen LogP contribution in [-0.4, -0.2) is 62.2 Å². The highest BCUT2D eigenvalue weighted by molar-refractivity contribution is 4.75. The van der Waals surface area contributed by atoms with Gasteiger partial charge in [-0.15, -0.1) is 0 Å². The third-order valence-electron chi connectivity index (χ3n) is 1.25. The Morgan fingerprint density at radius 3 is 1.58 bits per heavy atom. The van der Waals surface area contributed by atoms with Crippen molar-refractivity contribution in [3.63, 3.8) is 0 Å². The van der Waals surface area contributed by atoms with Crippen LogP contribution in [0.4, 0.5) is 0 Å². The molecule has 0 aromatic carbocycles. The molecule has 74 valence electrons. The van der Waals surface area contributed by atoms with Crippen LogP contribution >= 0.6 is 0 Å². The number of rotatable bonds is 4. The lowest BCUT2D eigenvalue weighted by molar-refractivity contribution is -0.379. The van der Waals surface area contributed by atoms with E-state index >= 15 is 0 Å². The molecule has 12 heavy (non-hydrogen) atoms.